The minimum Gasteiger partial charge on any atom is -0.383 e. The van der Waals surface area contributed by atoms with E-state index in [1.807, 2.05) is 0 Å². The van der Waals surface area contributed by atoms with Gasteiger partial charge in [-0.05, 0) is 50.5 Å². The molecule has 0 amide bonds. The number of amidine groups is 1. The van der Waals surface area contributed by atoms with Crippen molar-refractivity contribution in [1.82, 2.24) is 4.98 Å². The first-order valence-electron chi connectivity index (χ1n) is 11.7. The lowest BCUT2D eigenvalue weighted by Crippen LogP contribution is -2.56. The smallest absolute Gasteiger partial charge is 0.383 e. The molecule has 0 bridgehead atoms. The van der Waals surface area contributed by atoms with E-state index in [1.165, 1.54) is 13.1 Å². The van der Waals surface area contributed by atoms with Gasteiger partial charge in [0.05, 0.1) is 24.1 Å². The van der Waals surface area contributed by atoms with E-state index in [-0.39, 0.29) is 23.1 Å². The number of hydrogen-bond acceptors (Lipinski definition) is 8. The Hall–Kier alpha value is -3.96. The molecule has 212 valence electrons. The molecule has 39 heavy (non-hydrogen) atoms. The molecule has 5 N–H and O–H groups in total. The first-order chi connectivity index (χ1) is 18.2. The van der Waals surface area contributed by atoms with Crippen LogP contribution in [0.4, 0.5) is 29.1 Å². The molecule has 1 unspecified atom stereocenters. The van der Waals surface area contributed by atoms with Gasteiger partial charge in [0.25, 0.3) is 5.56 Å². The summed E-state index contributed by atoms with van der Waals surface area (Å²) >= 11 is 0. The number of carbonyl (C=O) groups excluding carboxylic acids is 1. The number of pyridine rings is 1. The van der Waals surface area contributed by atoms with Crippen LogP contribution >= 0.6 is 0 Å². The van der Waals surface area contributed by atoms with E-state index in [4.69, 9.17) is 15.7 Å². The van der Waals surface area contributed by atoms with Gasteiger partial charge in [-0.25, -0.2) is 9.79 Å². The largest absolute Gasteiger partial charge is 0.422 e. The second-order valence-electron chi connectivity index (χ2n) is 9.12. The van der Waals surface area contributed by atoms with Crippen molar-refractivity contribution in [2.75, 3.05) is 18.5 Å². The number of anilines is 1. The number of H-pyrrole nitrogens is 1. The van der Waals surface area contributed by atoms with E-state index in [9.17, 15) is 32.4 Å². The molecule has 0 radical (unpaired) electrons. The maximum atomic E-state index is 13.9. The van der Waals surface area contributed by atoms with Gasteiger partial charge >= 0.3 is 12.1 Å². The molecular formula is C25H29F4N5O5. The number of nitrogens with one attached hydrogen (secondary N) is 2. The van der Waals surface area contributed by atoms with Gasteiger partial charge < -0.3 is 25.9 Å². The number of rotatable bonds is 7. The molecule has 0 aliphatic carbocycles. The molecule has 2 atom stereocenters. The summed E-state index contributed by atoms with van der Waals surface area (Å²) in [5, 5.41) is 21.1. The molecule has 1 saturated heterocycles. The topological polar surface area (TPSA) is 163 Å². The molecule has 0 saturated carbocycles. The fraction of sp³-hybridized carbons (Fsp3) is 0.440. The number of aromatic amines is 1. The van der Waals surface area contributed by atoms with Crippen molar-refractivity contribution >= 4 is 23.2 Å². The SMILES string of the molecule is CC#N.CC(C)(C(=O)OF)C(O)(c1ccc(N=C(N)c2c(N[C@@H]3CCCOC3)cc[nH]c2=O)cc1)C(F)(F)F. The van der Waals surface area contributed by atoms with E-state index in [1.54, 1.807) is 12.1 Å². The Balaban J connectivity index is 0.00000170. The van der Waals surface area contributed by atoms with Gasteiger partial charge in [-0.2, -0.15) is 18.4 Å². The fourth-order valence-electron chi connectivity index (χ4n) is 4.02. The van der Waals surface area contributed by atoms with Crippen LogP contribution in [0.1, 0.15) is 44.7 Å². The number of carbonyl (C=O) groups is 1. The maximum Gasteiger partial charge on any atom is 0.422 e. The first-order valence-corrected chi connectivity index (χ1v) is 11.7. The lowest BCUT2D eigenvalue weighted by atomic mass is 9.70. The summed E-state index contributed by atoms with van der Waals surface area (Å²) in [6.07, 6.45) is -2.27. The number of ether oxygens (including phenoxy) is 1. The van der Waals surface area contributed by atoms with Crippen LogP contribution in [0.2, 0.25) is 0 Å². The Morgan fingerprint density at radius 3 is 2.41 bits per heavy atom. The third-order valence-electron chi connectivity index (χ3n) is 6.17. The number of hydrogen-bond donors (Lipinski definition) is 4. The van der Waals surface area contributed by atoms with Crippen molar-refractivity contribution < 1.29 is 37.3 Å². The van der Waals surface area contributed by atoms with Crippen molar-refractivity contribution in [1.29, 1.82) is 5.26 Å². The zero-order chi connectivity index (χ0) is 29.4. The Labute approximate surface area is 221 Å². The van der Waals surface area contributed by atoms with Crippen LogP contribution in [0.5, 0.6) is 0 Å². The summed E-state index contributed by atoms with van der Waals surface area (Å²) in [4.78, 5) is 33.9. The molecule has 14 heteroatoms. The number of nitrogens with two attached hydrogens (primary N) is 1. The average molecular weight is 556 g/mol. The number of aliphatic hydroxyl groups is 1. The predicted molar refractivity (Wildman–Crippen MR) is 134 cm³/mol. The summed E-state index contributed by atoms with van der Waals surface area (Å²) in [5.41, 5.74) is -1.22. The van der Waals surface area contributed by atoms with E-state index < -0.39 is 34.3 Å². The highest BCUT2D eigenvalue weighted by atomic mass is 19.4. The van der Waals surface area contributed by atoms with Crippen molar-refractivity contribution in [3.8, 4) is 6.07 Å². The average Bonchev–Trinajstić information content (AvgIpc) is 2.88. The number of nitriles is 1. The number of halogens is 4. The minimum atomic E-state index is -5.37. The number of aliphatic imine (C=N–C) groups is 1. The molecule has 1 fully saturated rings. The molecular weight excluding hydrogens is 526 g/mol. The van der Waals surface area contributed by atoms with Crippen LogP contribution in [-0.4, -0.2) is 47.3 Å². The zero-order valence-corrected chi connectivity index (χ0v) is 21.4. The van der Waals surface area contributed by atoms with Crippen LogP contribution in [0, 0.1) is 16.7 Å². The third-order valence-corrected chi connectivity index (χ3v) is 6.17. The quantitative estimate of drug-likeness (QED) is 0.228. The van der Waals surface area contributed by atoms with Crippen molar-refractivity contribution in [3.05, 3.63) is 58.0 Å². The highest BCUT2D eigenvalue weighted by molar-refractivity contribution is 6.03. The van der Waals surface area contributed by atoms with Gasteiger partial charge in [0.1, 0.15) is 16.8 Å². The molecule has 1 aromatic heterocycles. The normalized spacial score (nSPS) is 17.6. The fourth-order valence-corrected chi connectivity index (χ4v) is 4.02. The molecule has 1 aliphatic rings. The van der Waals surface area contributed by atoms with Crippen LogP contribution < -0.4 is 16.6 Å². The molecule has 0 spiro atoms. The third kappa shape index (κ3) is 6.73. The Morgan fingerprint density at radius 2 is 1.90 bits per heavy atom. The van der Waals surface area contributed by atoms with Gasteiger partial charge in [-0.3, -0.25) is 9.74 Å². The summed E-state index contributed by atoms with van der Waals surface area (Å²) in [5.74, 6) is -2.11. The van der Waals surface area contributed by atoms with Crippen LogP contribution in [0.3, 0.4) is 0 Å². The number of benzene rings is 1. The lowest BCUT2D eigenvalue weighted by Gasteiger charge is -2.41. The van der Waals surface area contributed by atoms with E-state index in [0.717, 1.165) is 37.1 Å². The summed E-state index contributed by atoms with van der Waals surface area (Å²) < 4.78 is 59.7. The number of nitrogens with zero attached hydrogens (tertiary/aromatic N) is 2. The number of alkyl halides is 3. The predicted octanol–water partition coefficient (Wildman–Crippen LogP) is 3.74. The standard InChI is InChI=1S/C23H26F4N4O5.C2H3N/c1-21(2,20(33)36-27)22(34,23(24,25)26)13-5-7-14(8-6-13)31-18(28)17-16(9-10-29-19(17)32)30-15-4-3-11-35-12-15;1-2-3/h5-10,15,34H,3-4,11-12H2,1-2H3,(H2,28,31)(H2,29,30,32);1H3/t15-,22?;/m1./s1. The van der Waals surface area contributed by atoms with Crippen molar-refractivity contribution in [3.63, 3.8) is 0 Å². The van der Waals surface area contributed by atoms with Crippen LogP contribution in [-0.2, 0) is 20.1 Å². The summed E-state index contributed by atoms with van der Waals surface area (Å²) in [7, 11) is 0. The van der Waals surface area contributed by atoms with E-state index in [0.29, 0.717) is 32.7 Å². The van der Waals surface area contributed by atoms with Crippen LogP contribution in [0.25, 0.3) is 0 Å². The van der Waals surface area contributed by atoms with E-state index >= 15 is 0 Å². The van der Waals surface area contributed by atoms with Gasteiger partial charge in [0, 0.05) is 30.3 Å². The molecule has 3 rings (SSSR count). The zero-order valence-electron chi connectivity index (χ0n) is 21.4. The van der Waals surface area contributed by atoms with Gasteiger partial charge in [-0.1, -0.05) is 12.1 Å². The second-order valence-corrected chi connectivity index (χ2v) is 9.12. The minimum absolute atomic E-state index is 0.0331. The Bertz CT molecular complexity index is 1270. The Kier molecular flexibility index (Phi) is 10.2. The van der Waals surface area contributed by atoms with Gasteiger partial charge in [0.15, 0.2) is 0 Å². The second kappa shape index (κ2) is 12.7. The van der Waals surface area contributed by atoms with E-state index in [2.05, 4.69) is 20.2 Å². The molecule has 10 nitrogen and oxygen atoms in total. The van der Waals surface area contributed by atoms with Crippen molar-refractivity contribution in [2.24, 2.45) is 16.1 Å². The molecule has 2 aromatic rings. The maximum absolute atomic E-state index is 13.9. The summed E-state index contributed by atoms with van der Waals surface area (Å²) in [6, 6.07) is 7.27. The van der Waals surface area contributed by atoms with Gasteiger partial charge in [0.2, 0.25) is 5.60 Å². The first kappa shape index (κ1) is 31.3. The monoisotopic (exact) mass is 555 g/mol. The summed E-state index contributed by atoms with van der Waals surface area (Å²) in [6.45, 7) is 3.94. The highest BCUT2D eigenvalue weighted by Crippen LogP contribution is 2.51. The Morgan fingerprint density at radius 1 is 1.28 bits per heavy atom. The van der Waals surface area contributed by atoms with Gasteiger partial charge in [-0.15, -0.1) is 0 Å². The molecule has 1 aliphatic heterocycles. The lowest BCUT2D eigenvalue weighted by molar-refractivity contribution is -0.308. The van der Waals surface area contributed by atoms with Crippen LogP contribution in [0.15, 0.2) is 46.3 Å². The molecule has 2 heterocycles. The van der Waals surface area contributed by atoms with Crippen molar-refractivity contribution in [2.45, 2.75) is 51.4 Å². The highest BCUT2D eigenvalue weighted by Gasteiger charge is 2.67. The molecule has 1 aromatic carbocycles. The number of aromatic nitrogens is 1.